The van der Waals surface area contributed by atoms with Gasteiger partial charge in [-0.3, -0.25) is 0 Å². The molecule has 0 heterocycles. The quantitative estimate of drug-likeness (QED) is 0.442. The van der Waals surface area contributed by atoms with Gasteiger partial charge >= 0.3 is 0 Å². The van der Waals surface area contributed by atoms with Gasteiger partial charge < -0.3 is 5.11 Å². The minimum absolute atomic E-state index is 1.12. The summed E-state index contributed by atoms with van der Waals surface area (Å²) in [4.78, 5) is 0. The van der Waals surface area contributed by atoms with Crippen LogP contribution in [0.15, 0.2) is 11.8 Å². The first-order chi connectivity index (χ1) is 2.93. The Hall–Kier alpha value is -0.460. The lowest BCUT2D eigenvalue weighted by atomic mass is 9.94. The van der Waals surface area contributed by atoms with Gasteiger partial charge in [0.2, 0.25) is 0 Å². The van der Waals surface area contributed by atoms with E-state index in [1.807, 2.05) is 0 Å². The number of aliphatic hydroxyl groups excluding tert-OH is 1. The summed E-state index contributed by atoms with van der Waals surface area (Å²) in [6, 6.07) is 0. The van der Waals surface area contributed by atoms with Gasteiger partial charge in [-0.05, 0) is 24.8 Å². The van der Waals surface area contributed by atoms with Gasteiger partial charge in [0, 0.05) is 0 Å². The van der Waals surface area contributed by atoms with Crippen LogP contribution < -0.4 is 0 Å². The van der Waals surface area contributed by atoms with Gasteiger partial charge in [0.1, 0.15) is 0 Å². The summed E-state index contributed by atoms with van der Waals surface area (Å²) in [6.45, 7) is 0. The molecule has 0 aromatic heterocycles. The van der Waals surface area contributed by atoms with Gasteiger partial charge in [-0.2, -0.15) is 0 Å². The van der Waals surface area contributed by atoms with E-state index >= 15 is 0 Å². The Bertz CT molecular complexity index is 68.0. The van der Waals surface area contributed by atoms with Crippen molar-refractivity contribution in [1.29, 1.82) is 0 Å². The third-order valence-electron chi connectivity index (χ3n) is 1.18. The molecule has 1 fully saturated rings. The zero-order chi connectivity index (χ0) is 4.41. The van der Waals surface area contributed by atoms with Gasteiger partial charge in [-0.1, -0.05) is 0 Å². The predicted molar refractivity (Wildman–Crippen MR) is 24.6 cm³/mol. The van der Waals surface area contributed by atoms with Crippen LogP contribution in [0.25, 0.3) is 0 Å². The van der Waals surface area contributed by atoms with Crippen molar-refractivity contribution < 1.29 is 5.11 Å². The Morgan fingerprint density at radius 2 is 2.17 bits per heavy atom. The summed E-state index contributed by atoms with van der Waals surface area (Å²) in [5.41, 5.74) is 1.20. The van der Waals surface area contributed by atoms with Crippen LogP contribution in [0.1, 0.15) is 19.3 Å². The van der Waals surface area contributed by atoms with Gasteiger partial charge in [0.15, 0.2) is 0 Å². The highest BCUT2D eigenvalue weighted by Gasteiger charge is 2.05. The molecular formula is C5H8O. The third kappa shape index (κ3) is 0.402. The van der Waals surface area contributed by atoms with E-state index in [1.165, 1.54) is 18.3 Å². The highest BCUT2D eigenvalue weighted by Crippen LogP contribution is 2.23. The average molecular weight is 84.1 g/mol. The molecule has 34 valence electrons. The lowest BCUT2D eigenvalue weighted by Gasteiger charge is -2.12. The molecule has 0 atom stereocenters. The minimum Gasteiger partial charge on any atom is -0.516 e. The van der Waals surface area contributed by atoms with Crippen molar-refractivity contribution in [3.63, 3.8) is 0 Å². The lowest BCUT2D eigenvalue weighted by molar-refractivity contribution is 0.447. The first-order valence-corrected chi connectivity index (χ1v) is 2.25. The van der Waals surface area contributed by atoms with Crippen molar-refractivity contribution in [1.82, 2.24) is 0 Å². The second-order valence-corrected chi connectivity index (χ2v) is 1.64. The van der Waals surface area contributed by atoms with Gasteiger partial charge in [-0.25, -0.2) is 0 Å². The van der Waals surface area contributed by atoms with Crippen molar-refractivity contribution >= 4 is 0 Å². The number of hydrogen-bond acceptors (Lipinski definition) is 1. The zero-order valence-corrected chi connectivity index (χ0v) is 3.65. The molecule has 1 rings (SSSR count). The molecule has 1 N–H and O–H groups in total. The zero-order valence-electron chi connectivity index (χ0n) is 3.65. The van der Waals surface area contributed by atoms with Crippen LogP contribution in [-0.4, -0.2) is 5.11 Å². The van der Waals surface area contributed by atoms with E-state index in [0.717, 1.165) is 12.8 Å². The van der Waals surface area contributed by atoms with Crippen LogP contribution in [0.4, 0.5) is 0 Å². The predicted octanol–water partition coefficient (Wildman–Crippen LogP) is 1.61. The fourth-order valence-corrected chi connectivity index (χ4v) is 0.510. The summed E-state index contributed by atoms with van der Waals surface area (Å²) < 4.78 is 0. The van der Waals surface area contributed by atoms with Crippen molar-refractivity contribution in [2.45, 2.75) is 19.3 Å². The standard InChI is InChI=1S/C5H8O/c6-4-5-2-1-3-5/h4,6H,1-3H2. The summed E-state index contributed by atoms with van der Waals surface area (Å²) >= 11 is 0. The van der Waals surface area contributed by atoms with Crippen molar-refractivity contribution in [2.24, 2.45) is 0 Å². The molecule has 0 unspecified atom stereocenters. The van der Waals surface area contributed by atoms with Crippen LogP contribution in [0.5, 0.6) is 0 Å². The molecule has 0 spiro atoms. The molecule has 0 saturated heterocycles. The Kier molecular flexibility index (Phi) is 0.825. The molecule has 0 aliphatic heterocycles. The molecule has 0 aromatic rings. The average Bonchev–Trinajstić information content (AvgIpc) is 1.31. The second kappa shape index (κ2) is 1.33. The first kappa shape index (κ1) is 3.72. The van der Waals surface area contributed by atoms with Crippen molar-refractivity contribution in [3.8, 4) is 0 Å². The third-order valence-corrected chi connectivity index (χ3v) is 1.18. The first-order valence-electron chi connectivity index (χ1n) is 2.25. The maximum atomic E-state index is 8.22. The van der Waals surface area contributed by atoms with E-state index in [2.05, 4.69) is 0 Å². The molecule has 1 heteroatoms. The molecular weight excluding hydrogens is 76.1 g/mol. The van der Waals surface area contributed by atoms with E-state index < -0.39 is 0 Å². The molecule has 6 heavy (non-hydrogen) atoms. The molecule has 0 aromatic carbocycles. The van der Waals surface area contributed by atoms with E-state index in [4.69, 9.17) is 5.11 Å². The summed E-state index contributed by atoms with van der Waals surface area (Å²) in [5, 5.41) is 8.22. The largest absolute Gasteiger partial charge is 0.516 e. The molecule has 0 radical (unpaired) electrons. The topological polar surface area (TPSA) is 20.2 Å². The molecule has 1 aliphatic carbocycles. The summed E-state index contributed by atoms with van der Waals surface area (Å²) in [6.07, 6.45) is 4.74. The van der Waals surface area contributed by atoms with Crippen LogP contribution >= 0.6 is 0 Å². The SMILES string of the molecule is OC=C1CCC1. The summed E-state index contributed by atoms with van der Waals surface area (Å²) in [7, 11) is 0. The second-order valence-electron chi connectivity index (χ2n) is 1.64. The number of aliphatic hydroxyl groups is 1. The van der Waals surface area contributed by atoms with Crippen molar-refractivity contribution in [3.05, 3.63) is 11.8 Å². The fourth-order valence-electron chi connectivity index (χ4n) is 0.510. The maximum Gasteiger partial charge on any atom is 0.0783 e. The summed E-state index contributed by atoms with van der Waals surface area (Å²) in [5.74, 6) is 0. The Morgan fingerprint density at radius 1 is 1.50 bits per heavy atom. The number of allylic oxidation sites excluding steroid dienone is 1. The van der Waals surface area contributed by atoms with Crippen molar-refractivity contribution in [2.75, 3.05) is 0 Å². The van der Waals surface area contributed by atoms with E-state index in [-0.39, 0.29) is 0 Å². The van der Waals surface area contributed by atoms with Gasteiger partial charge in [0.05, 0.1) is 6.26 Å². The van der Waals surface area contributed by atoms with Crippen LogP contribution in [-0.2, 0) is 0 Å². The molecule has 1 nitrogen and oxygen atoms in total. The van der Waals surface area contributed by atoms with E-state index in [0.29, 0.717) is 0 Å². The Morgan fingerprint density at radius 3 is 2.17 bits per heavy atom. The van der Waals surface area contributed by atoms with Gasteiger partial charge in [0.25, 0.3) is 0 Å². The normalized spacial score (nSPS) is 19.7. The molecule has 0 amide bonds. The van der Waals surface area contributed by atoms with Crippen LogP contribution in [0.3, 0.4) is 0 Å². The lowest BCUT2D eigenvalue weighted by Crippen LogP contribution is -1.94. The highest BCUT2D eigenvalue weighted by molar-refractivity contribution is 5.04. The minimum atomic E-state index is 1.12. The van der Waals surface area contributed by atoms with Crippen LogP contribution in [0.2, 0.25) is 0 Å². The molecule has 0 bridgehead atoms. The van der Waals surface area contributed by atoms with Crippen LogP contribution in [0, 0.1) is 0 Å². The Labute approximate surface area is 37.3 Å². The highest BCUT2D eigenvalue weighted by atomic mass is 16.2. The Balaban J connectivity index is 2.34. The van der Waals surface area contributed by atoms with E-state index in [1.54, 1.807) is 0 Å². The number of rotatable bonds is 0. The fraction of sp³-hybridized carbons (Fsp3) is 0.600. The monoisotopic (exact) mass is 84.1 g/mol. The smallest absolute Gasteiger partial charge is 0.0783 e. The van der Waals surface area contributed by atoms with Gasteiger partial charge in [-0.15, -0.1) is 0 Å². The molecule has 1 saturated carbocycles. The molecule has 1 aliphatic rings. The van der Waals surface area contributed by atoms with E-state index in [9.17, 15) is 0 Å². The maximum absolute atomic E-state index is 8.22. The number of hydrogen-bond donors (Lipinski definition) is 1.